The highest BCUT2D eigenvalue weighted by Crippen LogP contribution is 2.39. The molecule has 4 heteroatoms. The molecule has 0 saturated heterocycles. The molecule has 0 spiro atoms. The lowest BCUT2D eigenvalue weighted by Crippen LogP contribution is -1.96. The number of benzene rings is 7. The molecule has 0 atom stereocenters. The van der Waals surface area contributed by atoms with Crippen molar-refractivity contribution in [2.45, 2.75) is 0 Å². The molecule has 0 aliphatic carbocycles. The van der Waals surface area contributed by atoms with E-state index in [1.807, 2.05) is 30.5 Å². The fraction of sp³-hybridized carbons (Fsp3) is 0. The maximum Gasteiger partial charge on any atom is 0.160 e. The number of rotatable bonds is 5. The Balaban J connectivity index is 1.16. The molecular formula is C43H26FN3. The molecule has 2 aromatic heterocycles. The van der Waals surface area contributed by atoms with E-state index in [1.165, 1.54) is 50.0 Å². The van der Waals surface area contributed by atoms with Crippen LogP contribution >= 0.6 is 0 Å². The van der Waals surface area contributed by atoms with Crippen molar-refractivity contribution in [3.05, 3.63) is 164 Å². The maximum atomic E-state index is 13.9. The Morgan fingerprint density at radius 3 is 1.81 bits per heavy atom. The minimum Gasteiger partial charge on any atom is -0.264 e. The van der Waals surface area contributed by atoms with Crippen LogP contribution in [0.3, 0.4) is 0 Å². The second kappa shape index (κ2) is 11.0. The molecule has 0 fully saturated rings. The molecule has 0 saturated carbocycles. The fourth-order valence-corrected chi connectivity index (χ4v) is 6.67. The van der Waals surface area contributed by atoms with Crippen molar-refractivity contribution in [1.82, 2.24) is 15.0 Å². The summed E-state index contributed by atoms with van der Waals surface area (Å²) in [5, 5.41) is 7.62. The average molecular weight is 604 g/mol. The maximum absolute atomic E-state index is 13.9. The van der Waals surface area contributed by atoms with Gasteiger partial charge in [-0.05, 0) is 91.5 Å². The molecule has 0 aliphatic heterocycles. The van der Waals surface area contributed by atoms with E-state index in [9.17, 15) is 4.39 Å². The van der Waals surface area contributed by atoms with Gasteiger partial charge in [0.25, 0.3) is 0 Å². The molecule has 7 aromatic carbocycles. The minimum absolute atomic E-state index is 0.283. The quantitative estimate of drug-likeness (QED) is 0.184. The number of hydrogen-bond donors (Lipinski definition) is 0. The minimum atomic E-state index is -0.283. The van der Waals surface area contributed by atoms with Crippen LogP contribution < -0.4 is 0 Å². The Bertz CT molecular complexity index is 2540. The largest absolute Gasteiger partial charge is 0.264 e. The summed E-state index contributed by atoms with van der Waals surface area (Å²) >= 11 is 0. The fourth-order valence-electron chi connectivity index (χ4n) is 6.67. The van der Waals surface area contributed by atoms with Gasteiger partial charge >= 0.3 is 0 Å². The van der Waals surface area contributed by atoms with Gasteiger partial charge in [-0.15, -0.1) is 0 Å². The molecule has 9 aromatic rings. The van der Waals surface area contributed by atoms with E-state index in [1.54, 1.807) is 18.3 Å². The van der Waals surface area contributed by atoms with Gasteiger partial charge in [0, 0.05) is 34.6 Å². The number of hydrogen-bond acceptors (Lipinski definition) is 3. The second-order valence-electron chi connectivity index (χ2n) is 11.8. The predicted octanol–water partition coefficient (Wildman–Crippen LogP) is 11.2. The molecular weight excluding hydrogens is 577 g/mol. The van der Waals surface area contributed by atoms with Crippen LogP contribution in [0.1, 0.15) is 0 Å². The van der Waals surface area contributed by atoms with Crippen molar-refractivity contribution >= 4 is 32.3 Å². The molecule has 220 valence electrons. The first-order valence-electron chi connectivity index (χ1n) is 15.6. The highest BCUT2D eigenvalue weighted by Gasteiger charge is 2.14. The van der Waals surface area contributed by atoms with Crippen LogP contribution in [0.5, 0.6) is 0 Å². The summed E-state index contributed by atoms with van der Waals surface area (Å²) in [5.74, 6) is 0.324. The molecule has 0 amide bonds. The average Bonchev–Trinajstić information content (AvgIpc) is 3.14. The molecule has 0 aliphatic rings. The third-order valence-corrected chi connectivity index (χ3v) is 9.00. The van der Waals surface area contributed by atoms with Gasteiger partial charge in [-0.1, -0.05) is 103 Å². The summed E-state index contributed by atoms with van der Waals surface area (Å²) in [6.45, 7) is 0. The SMILES string of the molecule is Fc1ccc(-c2cc(-c3cccc(-c4cccnc4)c3)nc(-c3ccc(-c4ccc5ccc6cccc7ccc4c5c67)cc3)n2)cc1. The Morgan fingerprint density at radius 1 is 0.426 bits per heavy atom. The summed E-state index contributed by atoms with van der Waals surface area (Å²) in [6.07, 6.45) is 3.63. The standard InChI is InChI=1S/C43H26FN3/c44-36-19-15-28(16-20-36)39-25-40(34-7-2-6-33(24-34)35-8-3-23-45-26-35)47-43(46-39)32-13-9-27(10-14-32)37-21-17-31-12-11-29-4-1-5-30-18-22-38(37)42(31)41(29)30/h1-26H. The van der Waals surface area contributed by atoms with Crippen LogP contribution in [0.4, 0.5) is 4.39 Å². The predicted molar refractivity (Wildman–Crippen MR) is 191 cm³/mol. The highest BCUT2D eigenvalue weighted by atomic mass is 19.1. The Hall–Kier alpha value is -6.26. The van der Waals surface area contributed by atoms with Gasteiger partial charge < -0.3 is 0 Å². The summed E-state index contributed by atoms with van der Waals surface area (Å²) in [6, 6.07) is 49.0. The molecule has 0 N–H and O–H groups in total. The normalized spacial score (nSPS) is 11.5. The molecule has 2 heterocycles. The molecule has 9 rings (SSSR count). The Kier molecular flexibility index (Phi) is 6.32. The second-order valence-corrected chi connectivity index (χ2v) is 11.8. The molecule has 0 bridgehead atoms. The number of pyridine rings is 1. The van der Waals surface area contributed by atoms with E-state index in [0.29, 0.717) is 5.82 Å². The number of aromatic nitrogens is 3. The third kappa shape index (κ3) is 4.79. The molecule has 0 unspecified atom stereocenters. The van der Waals surface area contributed by atoms with Crippen molar-refractivity contribution in [3.63, 3.8) is 0 Å². The van der Waals surface area contributed by atoms with Gasteiger partial charge in [-0.25, -0.2) is 14.4 Å². The monoisotopic (exact) mass is 603 g/mol. The van der Waals surface area contributed by atoms with E-state index in [4.69, 9.17) is 9.97 Å². The van der Waals surface area contributed by atoms with Crippen molar-refractivity contribution in [2.75, 3.05) is 0 Å². The number of halogens is 1. The van der Waals surface area contributed by atoms with E-state index in [2.05, 4.69) is 102 Å². The van der Waals surface area contributed by atoms with Crippen molar-refractivity contribution in [1.29, 1.82) is 0 Å². The topological polar surface area (TPSA) is 38.7 Å². The van der Waals surface area contributed by atoms with Crippen molar-refractivity contribution in [2.24, 2.45) is 0 Å². The van der Waals surface area contributed by atoms with Gasteiger partial charge in [-0.2, -0.15) is 0 Å². The van der Waals surface area contributed by atoms with E-state index in [0.717, 1.165) is 44.8 Å². The van der Waals surface area contributed by atoms with Gasteiger partial charge in [0.2, 0.25) is 0 Å². The van der Waals surface area contributed by atoms with Gasteiger partial charge in [0.15, 0.2) is 5.82 Å². The van der Waals surface area contributed by atoms with Crippen LogP contribution in [-0.4, -0.2) is 15.0 Å². The first-order chi connectivity index (χ1) is 23.2. The molecule has 0 radical (unpaired) electrons. The Morgan fingerprint density at radius 2 is 1.04 bits per heavy atom. The highest BCUT2D eigenvalue weighted by molar-refractivity contribution is 6.25. The van der Waals surface area contributed by atoms with E-state index >= 15 is 0 Å². The number of nitrogens with zero attached hydrogens (tertiary/aromatic N) is 3. The zero-order valence-electron chi connectivity index (χ0n) is 25.2. The zero-order valence-corrected chi connectivity index (χ0v) is 25.2. The van der Waals surface area contributed by atoms with Crippen LogP contribution in [-0.2, 0) is 0 Å². The van der Waals surface area contributed by atoms with Crippen molar-refractivity contribution < 1.29 is 4.39 Å². The van der Waals surface area contributed by atoms with Crippen LogP contribution in [0, 0.1) is 5.82 Å². The summed E-state index contributed by atoms with van der Waals surface area (Å²) in [5.41, 5.74) is 8.61. The van der Waals surface area contributed by atoms with Gasteiger partial charge in [-0.3, -0.25) is 4.98 Å². The lowest BCUT2D eigenvalue weighted by Gasteiger charge is -2.14. The third-order valence-electron chi connectivity index (χ3n) is 9.00. The lowest BCUT2D eigenvalue weighted by molar-refractivity contribution is 0.628. The van der Waals surface area contributed by atoms with Gasteiger partial charge in [0.05, 0.1) is 11.4 Å². The van der Waals surface area contributed by atoms with Crippen LogP contribution in [0.15, 0.2) is 158 Å². The smallest absolute Gasteiger partial charge is 0.160 e. The van der Waals surface area contributed by atoms with Crippen molar-refractivity contribution in [3.8, 4) is 56.2 Å². The Labute approximate surface area is 271 Å². The van der Waals surface area contributed by atoms with Gasteiger partial charge in [0.1, 0.15) is 5.82 Å². The summed E-state index contributed by atoms with van der Waals surface area (Å²) < 4.78 is 13.9. The van der Waals surface area contributed by atoms with Crippen LogP contribution in [0.25, 0.3) is 88.5 Å². The zero-order chi connectivity index (χ0) is 31.3. The summed E-state index contributed by atoms with van der Waals surface area (Å²) in [4.78, 5) is 14.3. The molecule has 47 heavy (non-hydrogen) atoms. The molecule has 3 nitrogen and oxygen atoms in total. The lowest BCUT2D eigenvalue weighted by atomic mass is 9.90. The van der Waals surface area contributed by atoms with E-state index in [-0.39, 0.29) is 5.82 Å². The summed E-state index contributed by atoms with van der Waals surface area (Å²) in [7, 11) is 0. The van der Waals surface area contributed by atoms with E-state index < -0.39 is 0 Å². The first kappa shape index (κ1) is 27.1. The van der Waals surface area contributed by atoms with Crippen LogP contribution in [0.2, 0.25) is 0 Å². The first-order valence-corrected chi connectivity index (χ1v) is 15.6.